The summed E-state index contributed by atoms with van der Waals surface area (Å²) < 4.78 is 17.4. The molecule has 2 aliphatic rings. The number of rotatable bonds is 8. The third-order valence-electron chi connectivity index (χ3n) is 5.49. The highest BCUT2D eigenvalue weighted by molar-refractivity contribution is 14.0. The Hall–Kier alpha value is -1.59. The lowest BCUT2D eigenvalue weighted by Crippen LogP contribution is -2.45. The van der Waals surface area contributed by atoms with Crippen LogP contribution in [0.2, 0.25) is 0 Å². The number of carbonyl (C=O) groups is 1. The Balaban J connectivity index is 0.00000363. The second kappa shape index (κ2) is 13.8. The van der Waals surface area contributed by atoms with Crippen molar-refractivity contribution < 1.29 is 19.0 Å². The maximum Gasteiger partial charge on any atom is 0.241 e. The molecule has 2 N–H and O–H groups in total. The molecule has 0 saturated carbocycles. The minimum atomic E-state index is -0.0102. The van der Waals surface area contributed by atoms with Crippen LogP contribution in [0.4, 0.5) is 0 Å². The average molecular weight is 560 g/mol. The molecule has 2 heterocycles. The molecule has 2 aliphatic heterocycles. The largest absolute Gasteiger partial charge is 0.488 e. The van der Waals surface area contributed by atoms with E-state index in [1.54, 1.807) is 19.0 Å². The van der Waals surface area contributed by atoms with Gasteiger partial charge in [-0.3, -0.25) is 4.79 Å². The van der Waals surface area contributed by atoms with E-state index in [1.807, 2.05) is 0 Å². The molecule has 9 heteroatoms. The van der Waals surface area contributed by atoms with Gasteiger partial charge in [-0.1, -0.05) is 12.1 Å². The summed E-state index contributed by atoms with van der Waals surface area (Å²) in [5.74, 6) is 1.43. The summed E-state index contributed by atoms with van der Waals surface area (Å²) in [5, 5.41) is 6.49. The summed E-state index contributed by atoms with van der Waals surface area (Å²) in [6.45, 7) is 5.51. The Morgan fingerprint density at radius 3 is 2.75 bits per heavy atom. The Bertz CT molecular complexity index is 748. The summed E-state index contributed by atoms with van der Waals surface area (Å²) in [5.41, 5.74) is 2.15. The molecule has 0 bridgehead atoms. The lowest BCUT2D eigenvalue weighted by molar-refractivity contribution is -0.127. The summed E-state index contributed by atoms with van der Waals surface area (Å²) in [7, 11) is 3.49. The third-order valence-corrected chi connectivity index (χ3v) is 5.49. The van der Waals surface area contributed by atoms with Gasteiger partial charge in [0.2, 0.25) is 5.91 Å². The van der Waals surface area contributed by atoms with Gasteiger partial charge in [0.25, 0.3) is 0 Å². The summed E-state index contributed by atoms with van der Waals surface area (Å²) >= 11 is 0. The van der Waals surface area contributed by atoms with Gasteiger partial charge in [-0.15, -0.1) is 24.0 Å². The Labute approximate surface area is 208 Å². The number of nitrogens with one attached hydrogen (secondary N) is 2. The molecule has 2 atom stereocenters. The van der Waals surface area contributed by atoms with Gasteiger partial charge >= 0.3 is 0 Å². The van der Waals surface area contributed by atoms with Gasteiger partial charge in [-0.25, -0.2) is 4.99 Å². The fraction of sp³-hybridized carbons (Fsp3) is 0.652. The van der Waals surface area contributed by atoms with Gasteiger partial charge in [-0.2, -0.15) is 0 Å². The van der Waals surface area contributed by atoms with Crippen molar-refractivity contribution in [1.82, 2.24) is 15.5 Å². The van der Waals surface area contributed by atoms with E-state index in [0.29, 0.717) is 25.7 Å². The first kappa shape index (κ1) is 26.7. The summed E-state index contributed by atoms with van der Waals surface area (Å²) in [6, 6.07) is 6.17. The predicted molar refractivity (Wildman–Crippen MR) is 136 cm³/mol. The maximum atomic E-state index is 12.0. The quantitative estimate of drug-likeness (QED) is 0.289. The first-order valence-electron chi connectivity index (χ1n) is 11.2. The van der Waals surface area contributed by atoms with Crippen LogP contribution in [0.3, 0.4) is 0 Å². The molecule has 180 valence electrons. The van der Waals surface area contributed by atoms with Gasteiger partial charge in [0.05, 0.1) is 32.4 Å². The highest BCUT2D eigenvalue weighted by Crippen LogP contribution is 2.24. The number of hydrogen-bond acceptors (Lipinski definition) is 5. The summed E-state index contributed by atoms with van der Waals surface area (Å²) in [4.78, 5) is 18.3. The van der Waals surface area contributed by atoms with Crippen molar-refractivity contribution in [1.29, 1.82) is 0 Å². The molecule has 8 nitrogen and oxygen atoms in total. The van der Waals surface area contributed by atoms with Crippen molar-refractivity contribution in [3.63, 3.8) is 0 Å². The topological polar surface area (TPSA) is 84.4 Å². The van der Waals surface area contributed by atoms with E-state index in [-0.39, 0.29) is 48.6 Å². The van der Waals surface area contributed by atoms with E-state index in [2.05, 4.69) is 35.8 Å². The van der Waals surface area contributed by atoms with Crippen LogP contribution >= 0.6 is 24.0 Å². The highest BCUT2D eigenvalue weighted by Gasteiger charge is 2.19. The van der Waals surface area contributed by atoms with Crippen LogP contribution in [-0.4, -0.2) is 76.0 Å². The SMILES string of the molecule is Cc1ccc(CN=C(NCC(=O)N(C)C)NCC2CCCCO2)c(OC2CCOC2)c1.I. The average Bonchev–Trinajstić information content (AvgIpc) is 3.27. The van der Waals surface area contributed by atoms with E-state index < -0.39 is 0 Å². The van der Waals surface area contributed by atoms with Crippen molar-refractivity contribution >= 4 is 35.8 Å². The van der Waals surface area contributed by atoms with Crippen molar-refractivity contribution in [2.45, 2.75) is 51.4 Å². The molecule has 2 fully saturated rings. The fourth-order valence-corrected chi connectivity index (χ4v) is 3.52. The van der Waals surface area contributed by atoms with E-state index >= 15 is 0 Å². The number of ether oxygens (including phenoxy) is 3. The zero-order chi connectivity index (χ0) is 22.1. The van der Waals surface area contributed by atoms with Crippen molar-refractivity contribution in [2.75, 3.05) is 47.0 Å². The molecule has 32 heavy (non-hydrogen) atoms. The monoisotopic (exact) mass is 560 g/mol. The molecule has 2 unspecified atom stereocenters. The lowest BCUT2D eigenvalue weighted by Gasteiger charge is -2.24. The van der Waals surface area contributed by atoms with Crippen LogP contribution in [0.5, 0.6) is 5.75 Å². The van der Waals surface area contributed by atoms with Crippen LogP contribution in [0, 0.1) is 6.92 Å². The molecule has 2 saturated heterocycles. The number of amides is 1. The molecule has 1 amide bonds. The molecular weight excluding hydrogens is 523 g/mol. The standard InChI is InChI=1S/C23H36N4O4.HI/c1-17-7-8-18(21(12-17)31-20-9-11-29-16-20)13-24-23(26-15-22(28)27(2)3)25-14-19-6-4-5-10-30-19;/h7-8,12,19-20H,4-6,9-11,13-16H2,1-3H3,(H2,24,25,26);1H. The minimum Gasteiger partial charge on any atom is -0.488 e. The van der Waals surface area contributed by atoms with Crippen LogP contribution in [-0.2, 0) is 20.8 Å². The van der Waals surface area contributed by atoms with Gasteiger partial charge in [-0.05, 0) is 37.8 Å². The van der Waals surface area contributed by atoms with Gasteiger partial charge in [0, 0.05) is 39.2 Å². The number of likely N-dealkylation sites (N-methyl/N-ethyl adjacent to an activating group) is 1. The Morgan fingerprint density at radius 2 is 2.06 bits per heavy atom. The second-order valence-corrected chi connectivity index (χ2v) is 8.39. The van der Waals surface area contributed by atoms with E-state index in [9.17, 15) is 4.79 Å². The maximum absolute atomic E-state index is 12.0. The molecule has 0 radical (unpaired) electrons. The van der Waals surface area contributed by atoms with Crippen molar-refractivity contribution in [3.05, 3.63) is 29.3 Å². The molecule has 0 aliphatic carbocycles. The zero-order valence-electron chi connectivity index (χ0n) is 19.4. The number of benzene rings is 1. The van der Waals surface area contributed by atoms with E-state index in [1.165, 1.54) is 6.42 Å². The third kappa shape index (κ3) is 8.74. The number of aryl methyl sites for hydroxylation is 1. The molecule has 0 aromatic heterocycles. The first-order valence-corrected chi connectivity index (χ1v) is 11.2. The van der Waals surface area contributed by atoms with Gasteiger partial charge in [0.15, 0.2) is 5.96 Å². The number of hydrogen-bond donors (Lipinski definition) is 2. The lowest BCUT2D eigenvalue weighted by atomic mass is 10.1. The van der Waals surface area contributed by atoms with Gasteiger partial charge < -0.3 is 29.7 Å². The number of aliphatic imine (C=N–C) groups is 1. The number of carbonyl (C=O) groups excluding carboxylic acids is 1. The number of guanidine groups is 1. The molecule has 3 rings (SSSR count). The van der Waals surface area contributed by atoms with Crippen molar-refractivity contribution in [3.8, 4) is 5.75 Å². The smallest absolute Gasteiger partial charge is 0.241 e. The minimum absolute atomic E-state index is 0. The molecule has 1 aromatic carbocycles. The van der Waals surface area contributed by atoms with E-state index in [0.717, 1.165) is 49.4 Å². The fourth-order valence-electron chi connectivity index (χ4n) is 3.52. The number of halogens is 1. The van der Waals surface area contributed by atoms with Crippen LogP contribution in [0.1, 0.15) is 36.8 Å². The second-order valence-electron chi connectivity index (χ2n) is 8.39. The molecule has 1 aromatic rings. The van der Waals surface area contributed by atoms with Crippen LogP contribution < -0.4 is 15.4 Å². The number of nitrogens with zero attached hydrogens (tertiary/aromatic N) is 2. The summed E-state index contributed by atoms with van der Waals surface area (Å²) in [6.07, 6.45) is 4.50. The molecular formula is C23H37IN4O4. The van der Waals surface area contributed by atoms with E-state index in [4.69, 9.17) is 19.2 Å². The zero-order valence-corrected chi connectivity index (χ0v) is 21.7. The highest BCUT2D eigenvalue weighted by atomic mass is 127. The van der Waals surface area contributed by atoms with Crippen molar-refractivity contribution in [2.24, 2.45) is 4.99 Å². The normalized spacial score (nSPS) is 20.9. The predicted octanol–water partition coefficient (Wildman–Crippen LogP) is 2.47. The Kier molecular flexibility index (Phi) is 11.5. The molecule has 0 spiro atoms. The first-order chi connectivity index (χ1) is 15.0. The van der Waals surface area contributed by atoms with Crippen LogP contribution in [0.15, 0.2) is 23.2 Å². The van der Waals surface area contributed by atoms with Gasteiger partial charge in [0.1, 0.15) is 11.9 Å². The van der Waals surface area contributed by atoms with Crippen LogP contribution in [0.25, 0.3) is 0 Å². The Morgan fingerprint density at radius 1 is 1.22 bits per heavy atom.